The van der Waals surface area contributed by atoms with E-state index in [9.17, 15) is 14.7 Å². The number of hydrogen-bond donors (Lipinski definition) is 3. The van der Waals surface area contributed by atoms with Crippen LogP contribution in [-0.2, 0) is 42.1 Å². The van der Waals surface area contributed by atoms with Crippen molar-refractivity contribution in [2.75, 3.05) is 12.3 Å². The molecule has 2 aliphatic heterocycles. The van der Waals surface area contributed by atoms with Crippen molar-refractivity contribution in [2.45, 2.75) is 57.6 Å². The number of nitrogens with zero attached hydrogens (tertiary/aromatic N) is 3. The first-order chi connectivity index (χ1) is 29.0. The van der Waals surface area contributed by atoms with E-state index in [-0.39, 0.29) is 19.1 Å². The molecule has 0 spiro atoms. The number of fused-ring (bicyclic) bond motifs is 2. The highest BCUT2D eigenvalue weighted by atomic mass is 35.5. The summed E-state index contributed by atoms with van der Waals surface area (Å²) in [5.41, 5.74) is 13.8. The Bertz CT molecular complexity index is 2600. The van der Waals surface area contributed by atoms with Gasteiger partial charge in [-0.2, -0.15) is 5.26 Å². The van der Waals surface area contributed by atoms with Gasteiger partial charge in [-0.3, -0.25) is 9.69 Å². The minimum absolute atomic E-state index is 0.0941. The van der Waals surface area contributed by atoms with Gasteiger partial charge in [-0.1, -0.05) is 77.8 Å². The third kappa shape index (κ3) is 9.20. The van der Waals surface area contributed by atoms with Gasteiger partial charge in [0.1, 0.15) is 25.0 Å². The summed E-state index contributed by atoms with van der Waals surface area (Å²) in [5.74, 6) is 0.349. The highest BCUT2D eigenvalue weighted by Crippen LogP contribution is 2.41. The third-order valence-electron chi connectivity index (χ3n) is 10.7. The molecule has 3 atom stereocenters. The maximum absolute atomic E-state index is 14.2. The van der Waals surface area contributed by atoms with Gasteiger partial charge in [0.15, 0.2) is 22.7 Å². The largest absolute Gasteiger partial charge is 0.489 e. The molecule has 1 unspecified atom stereocenters. The van der Waals surface area contributed by atoms with Crippen molar-refractivity contribution in [1.82, 2.24) is 15.2 Å². The number of thiazole rings is 1. The predicted octanol–water partition coefficient (Wildman–Crippen LogP) is 8.71. The van der Waals surface area contributed by atoms with E-state index in [0.717, 1.165) is 49.5 Å². The van der Waals surface area contributed by atoms with Crippen LogP contribution in [0.3, 0.4) is 0 Å². The number of amides is 1. The standard InChI is InChI=1S/C46H39Cl2N5O6S/c1-26-43(60-46(50)51-26)23-53-22-34-20-41-40(58-25-42(59-41)32-11-13-35(14-12-32)57-24-29-6-15-36(47)37(48)16-29)19-33(34)18-39(53)44(54)52-38(45(55)56)17-27-2-7-30(8-3-27)31-9-4-28(21-49)5-10-31/h2-16,19-20,38-39,42H,17-18,22-25H2,1H3,(H2,50,51)(H,52,54)(H,55,56)/t38?,39-,42+/m0/s1. The van der Waals surface area contributed by atoms with Crippen molar-refractivity contribution in [3.05, 3.63) is 157 Å². The van der Waals surface area contributed by atoms with Gasteiger partial charge in [-0.15, -0.1) is 11.3 Å². The lowest BCUT2D eigenvalue weighted by Gasteiger charge is -2.37. The zero-order valence-electron chi connectivity index (χ0n) is 32.4. The summed E-state index contributed by atoms with van der Waals surface area (Å²) in [6.45, 7) is 3.30. The second kappa shape index (κ2) is 17.6. The Kier molecular flexibility index (Phi) is 12.0. The molecule has 11 nitrogen and oxygen atoms in total. The molecule has 0 saturated heterocycles. The van der Waals surface area contributed by atoms with Crippen molar-refractivity contribution < 1.29 is 28.9 Å². The molecule has 5 aromatic carbocycles. The number of carbonyl (C=O) groups excluding carboxylic acids is 1. The van der Waals surface area contributed by atoms with Crippen molar-refractivity contribution >= 4 is 51.5 Å². The number of halogens is 2. The fourth-order valence-electron chi connectivity index (χ4n) is 7.42. The molecular formula is C46H39Cl2N5O6S. The van der Waals surface area contributed by atoms with Crippen LogP contribution in [0.5, 0.6) is 17.2 Å². The Morgan fingerprint density at radius 2 is 1.67 bits per heavy atom. The van der Waals surface area contributed by atoms with Crippen LogP contribution < -0.4 is 25.3 Å². The zero-order chi connectivity index (χ0) is 41.9. The highest BCUT2D eigenvalue weighted by Gasteiger charge is 2.36. The number of aliphatic carboxylic acids is 1. The first-order valence-electron chi connectivity index (χ1n) is 19.2. The van der Waals surface area contributed by atoms with Crippen LogP contribution in [0.15, 0.2) is 103 Å². The lowest BCUT2D eigenvalue weighted by Crippen LogP contribution is -2.54. The summed E-state index contributed by atoms with van der Waals surface area (Å²) in [6, 6.07) is 32.0. The average Bonchev–Trinajstić information content (AvgIpc) is 3.58. The number of nitrogens with two attached hydrogens (primary N) is 1. The Hall–Kier alpha value is -6.10. The number of hydrogen-bond acceptors (Lipinski definition) is 10. The average molecular weight is 861 g/mol. The van der Waals surface area contributed by atoms with Gasteiger partial charge in [0, 0.05) is 24.4 Å². The molecule has 0 radical (unpaired) electrons. The molecule has 14 heteroatoms. The number of nitrogen functional groups attached to an aromatic ring is 1. The van der Waals surface area contributed by atoms with Gasteiger partial charge in [0.05, 0.1) is 33.4 Å². The normalized spacial score (nSPS) is 16.3. The monoisotopic (exact) mass is 859 g/mol. The van der Waals surface area contributed by atoms with E-state index < -0.39 is 24.0 Å². The molecule has 1 aromatic heterocycles. The molecule has 304 valence electrons. The van der Waals surface area contributed by atoms with E-state index in [4.69, 9.17) is 48.4 Å². The number of ether oxygens (including phenoxy) is 3. The minimum Gasteiger partial charge on any atom is -0.489 e. The number of nitriles is 1. The fraction of sp³-hybridized carbons (Fsp3) is 0.217. The molecule has 0 aliphatic carbocycles. The van der Waals surface area contributed by atoms with E-state index in [1.807, 2.05) is 90.7 Å². The zero-order valence-corrected chi connectivity index (χ0v) is 34.7. The molecule has 0 fully saturated rings. The second-order valence-corrected chi connectivity index (χ2v) is 16.7. The second-order valence-electron chi connectivity index (χ2n) is 14.8. The topological polar surface area (TPSA) is 160 Å². The maximum atomic E-state index is 14.2. The first-order valence-corrected chi connectivity index (χ1v) is 20.8. The molecular weight excluding hydrogens is 822 g/mol. The van der Waals surface area contributed by atoms with Crippen LogP contribution in [-0.4, -0.2) is 45.6 Å². The number of aryl methyl sites for hydroxylation is 1. The summed E-state index contributed by atoms with van der Waals surface area (Å²) >= 11 is 13.6. The number of nitrogens with one attached hydrogen (secondary N) is 1. The number of rotatable bonds is 12. The number of carboxylic acid groups (broad SMARTS) is 1. The van der Waals surface area contributed by atoms with Gasteiger partial charge in [-0.05, 0) is 101 Å². The lowest BCUT2D eigenvalue weighted by molar-refractivity contribution is -0.142. The molecule has 1 amide bonds. The number of carbonyl (C=O) groups is 2. The first kappa shape index (κ1) is 40.7. The van der Waals surface area contributed by atoms with Crippen molar-refractivity contribution in [3.8, 4) is 34.4 Å². The van der Waals surface area contributed by atoms with Gasteiger partial charge in [0.2, 0.25) is 5.91 Å². The molecule has 2 aliphatic rings. The van der Waals surface area contributed by atoms with Crippen LogP contribution >= 0.6 is 34.5 Å². The molecule has 6 aromatic rings. The Balaban J connectivity index is 0.967. The van der Waals surface area contributed by atoms with E-state index in [0.29, 0.717) is 64.1 Å². The summed E-state index contributed by atoms with van der Waals surface area (Å²) in [6.07, 6.45) is 0.0571. The summed E-state index contributed by atoms with van der Waals surface area (Å²) in [4.78, 5) is 34.1. The minimum atomic E-state index is -1.16. The van der Waals surface area contributed by atoms with E-state index in [1.54, 1.807) is 24.3 Å². The lowest BCUT2D eigenvalue weighted by atomic mass is 9.92. The molecule has 0 saturated carbocycles. The van der Waals surface area contributed by atoms with Crippen molar-refractivity contribution in [2.24, 2.45) is 0 Å². The number of benzene rings is 5. The van der Waals surface area contributed by atoms with E-state index in [1.165, 1.54) is 11.3 Å². The van der Waals surface area contributed by atoms with Crippen LogP contribution in [0.4, 0.5) is 5.13 Å². The predicted molar refractivity (Wildman–Crippen MR) is 230 cm³/mol. The molecule has 8 rings (SSSR count). The smallest absolute Gasteiger partial charge is 0.326 e. The van der Waals surface area contributed by atoms with Crippen LogP contribution in [0.2, 0.25) is 10.0 Å². The van der Waals surface area contributed by atoms with E-state index in [2.05, 4.69) is 16.4 Å². The van der Waals surface area contributed by atoms with Gasteiger partial charge in [-0.25, -0.2) is 9.78 Å². The highest BCUT2D eigenvalue weighted by molar-refractivity contribution is 7.15. The molecule has 0 bridgehead atoms. The summed E-state index contributed by atoms with van der Waals surface area (Å²) in [7, 11) is 0. The van der Waals surface area contributed by atoms with Crippen LogP contribution in [0.1, 0.15) is 50.1 Å². The van der Waals surface area contributed by atoms with E-state index >= 15 is 0 Å². The van der Waals surface area contributed by atoms with Gasteiger partial charge in [0.25, 0.3) is 0 Å². The van der Waals surface area contributed by atoms with Crippen molar-refractivity contribution in [3.63, 3.8) is 0 Å². The Morgan fingerprint density at radius 3 is 2.33 bits per heavy atom. The maximum Gasteiger partial charge on any atom is 0.326 e. The van der Waals surface area contributed by atoms with Gasteiger partial charge >= 0.3 is 5.97 Å². The summed E-state index contributed by atoms with van der Waals surface area (Å²) < 4.78 is 18.7. The number of aromatic nitrogens is 1. The molecule has 60 heavy (non-hydrogen) atoms. The van der Waals surface area contributed by atoms with Crippen molar-refractivity contribution in [1.29, 1.82) is 5.26 Å². The quantitative estimate of drug-likeness (QED) is 0.109. The van der Waals surface area contributed by atoms with Gasteiger partial charge < -0.3 is 30.4 Å². The van der Waals surface area contributed by atoms with Crippen LogP contribution in [0.25, 0.3) is 11.1 Å². The third-order valence-corrected chi connectivity index (χ3v) is 12.4. The Morgan fingerprint density at radius 1 is 0.967 bits per heavy atom. The molecule has 3 heterocycles. The fourth-order valence-corrected chi connectivity index (χ4v) is 8.60. The van der Waals surface area contributed by atoms with Crippen LogP contribution in [0, 0.1) is 18.3 Å². The molecule has 4 N–H and O–H groups in total. The number of anilines is 1. The Labute approximate surface area is 360 Å². The summed E-state index contributed by atoms with van der Waals surface area (Å²) in [5, 5.41) is 23.7. The number of carboxylic acids is 1. The SMILES string of the molecule is Cc1nc(N)sc1CN1Cc2cc3c(cc2C[C@H]1C(=O)NC(Cc1ccc(-c2ccc(C#N)cc2)cc1)C(=O)O)OC[C@H](c1ccc(OCc2ccc(Cl)c(Cl)c2)cc1)O3.